The number of carbonyl (C=O) groups is 1. The van der Waals surface area contributed by atoms with Crippen LogP contribution < -0.4 is 9.47 Å². The van der Waals surface area contributed by atoms with Crippen LogP contribution in [0.5, 0.6) is 11.5 Å². The molecule has 4 rings (SSSR count). The zero-order valence-electron chi connectivity index (χ0n) is 21.6. The smallest absolute Gasteiger partial charge is 0.314 e. The molecule has 0 unspecified atom stereocenters. The molecule has 2 aliphatic rings. The van der Waals surface area contributed by atoms with Crippen LogP contribution in [-0.4, -0.2) is 12.6 Å². The van der Waals surface area contributed by atoms with Gasteiger partial charge >= 0.3 is 5.97 Å². The van der Waals surface area contributed by atoms with Gasteiger partial charge in [-0.3, -0.25) is 4.79 Å². The number of halogens is 3. The van der Waals surface area contributed by atoms with E-state index in [0.29, 0.717) is 55.1 Å². The van der Waals surface area contributed by atoms with E-state index in [1.54, 1.807) is 24.3 Å². The summed E-state index contributed by atoms with van der Waals surface area (Å²) in [5, 5.41) is 0. The van der Waals surface area contributed by atoms with E-state index in [4.69, 9.17) is 9.47 Å². The molecule has 0 spiro atoms. The van der Waals surface area contributed by atoms with E-state index in [-0.39, 0.29) is 17.6 Å². The molecule has 0 aromatic heterocycles. The molecule has 3 nitrogen and oxygen atoms in total. The minimum Gasteiger partial charge on any atom is -0.493 e. The van der Waals surface area contributed by atoms with E-state index in [2.05, 4.69) is 13.5 Å². The standard InChI is InChI=1S/C31H37F3O3/c1-3-4-5-18-36-24-14-17-28(27(32)19-24)37-31(35)23-12-10-22(11-13-23)26-16-15-25(29(33)30(26)34)21-8-6-20(2)7-9-21/h3,14-17,19-23H,1,4-13,18H2,2H3. The van der Waals surface area contributed by atoms with Crippen molar-refractivity contribution in [2.24, 2.45) is 11.8 Å². The fourth-order valence-electron chi connectivity index (χ4n) is 5.68. The molecule has 200 valence electrons. The lowest BCUT2D eigenvalue weighted by molar-refractivity contribution is -0.140. The summed E-state index contributed by atoms with van der Waals surface area (Å²) in [5.74, 6) is -2.17. The zero-order chi connectivity index (χ0) is 26.4. The summed E-state index contributed by atoms with van der Waals surface area (Å²) in [4.78, 5) is 12.7. The summed E-state index contributed by atoms with van der Waals surface area (Å²) >= 11 is 0. The highest BCUT2D eigenvalue weighted by Crippen LogP contribution is 2.41. The van der Waals surface area contributed by atoms with Gasteiger partial charge in [0.05, 0.1) is 12.5 Å². The molecule has 2 aliphatic carbocycles. The lowest BCUT2D eigenvalue weighted by Gasteiger charge is -2.29. The molecular weight excluding hydrogens is 477 g/mol. The molecule has 2 saturated carbocycles. The molecule has 6 heteroatoms. The topological polar surface area (TPSA) is 35.5 Å². The van der Waals surface area contributed by atoms with Gasteiger partial charge in [-0.2, -0.15) is 0 Å². The molecule has 0 atom stereocenters. The molecule has 0 N–H and O–H groups in total. The van der Waals surface area contributed by atoms with Crippen LogP contribution in [0, 0.1) is 29.3 Å². The minimum absolute atomic E-state index is 0.0866. The summed E-state index contributed by atoms with van der Waals surface area (Å²) in [7, 11) is 0. The Labute approximate surface area is 218 Å². The van der Waals surface area contributed by atoms with Gasteiger partial charge in [0.2, 0.25) is 0 Å². The summed E-state index contributed by atoms with van der Waals surface area (Å²) in [6, 6.07) is 7.69. The number of benzene rings is 2. The Balaban J connectivity index is 1.31. The predicted octanol–water partition coefficient (Wildman–Crippen LogP) is 8.62. The third-order valence-corrected chi connectivity index (χ3v) is 8.03. The Morgan fingerprint density at radius 3 is 2.08 bits per heavy atom. The van der Waals surface area contributed by atoms with Crippen LogP contribution in [0.2, 0.25) is 0 Å². The van der Waals surface area contributed by atoms with Crippen molar-refractivity contribution in [3.8, 4) is 11.5 Å². The number of hydrogen-bond donors (Lipinski definition) is 0. The first-order valence-electron chi connectivity index (χ1n) is 13.6. The molecule has 2 fully saturated rings. The van der Waals surface area contributed by atoms with Crippen molar-refractivity contribution in [3.05, 3.63) is 71.6 Å². The summed E-state index contributed by atoms with van der Waals surface area (Å²) in [6.45, 7) is 6.30. The average Bonchev–Trinajstić information content (AvgIpc) is 2.90. The van der Waals surface area contributed by atoms with Crippen molar-refractivity contribution >= 4 is 5.97 Å². The van der Waals surface area contributed by atoms with E-state index < -0.39 is 29.3 Å². The number of rotatable bonds is 9. The lowest BCUT2D eigenvalue weighted by atomic mass is 9.76. The third kappa shape index (κ3) is 6.77. The number of esters is 1. The maximum absolute atomic E-state index is 15.1. The van der Waals surface area contributed by atoms with Crippen LogP contribution >= 0.6 is 0 Å². The lowest BCUT2D eigenvalue weighted by Crippen LogP contribution is -2.26. The number of ether oxygens (including phenoxy) is 2. The van der Waals surface area contributed by atoms with Crippen LogP contribution in [0.25, 0.3) is 0 Å². The monoisotopic (exact) mass is 514 g/mol. The number of allylic oxidation sites excluding steroid dienone is 1. The Morgan fingerprint density at radius 1 is 0.919 bits per heavy atom. The average molecular weight is 515 g/mol. The van der Waals surface area contributed by atoms with Crippen LogP contribution in [0.1, 0.15) is 94.1 Å². The molecule has 0 saturated heterocycles. The van der Waals surface area contributed by atoms with Gasteiger partial charge in [-0.25, -0.2) is 13.2 Å². The van der Waals surface area contributed by atoms with Gasteiger partial charge in [0.1, 0.15) is 5.75 Å². The number of unbranched alkanes of at least 4 members (excludes halogenated alkanes) is 1. The second kappa shape index (κ2) is 12.7. The van der Waals surface area contributed by atoms with Gasteiger partial charge < -0.3 is 9.47 Å². The Bertz CT molecular complexity index is 1080. The van der Waals surface area contributed by atoms with Crippen molar-refractivity contribution in [1.29, 1.82) is 0 Å². The molecule has 2 aromatic carbocycles. The number of hydrogen-bond acceptors (Lipinski definition) is 3. The van der Waals surface area contributed by atoms with Crippen LogP contribution in [0.15, 0.2) is 43.0 Å². The van der Waals surface area contributed by atoms with E-state index in [9.17, 15) is 9.18 Å². The van der Waals surface area contributed by atoms with Gasteiger partial charge in [0.25, 0.3) is 0 Å². The van der Waals surface area contributed by atoms with Crippen molar-refractivity contribution in [2.75, 3.05) is 6.61 Å². The molecule has 37 heavy (non-hydrogen) atoms. The van der Waals surface area contributed by atoms with Gasteiger partial charge in [-0.15, -0.1) is 6.58 Å². The van der Waals surface area contributed by atoms with E-state index in [1.807, 2.05) is 0 Å². The van der Waals surface area contributed by atoms with E-state index in [0.717, 1.165) is 38.5 Å². The summed E-state index contributed by atoms with van der Waals surface area (Å²) < 4.78 is 55.4. The van der Waals surface area contributed by atoms with Crippen LogP contribution in [0.4, 0.5) is 13.2 Å². The molecule has 0 aliphatic heterocycles. The quantitative estimate of drug-likeness (QED) is 0.145. The first kappa shape index (κ1) is 27.3. The first-order valence-corrected chi connectivity index (χ1v) is 13.6. The van der Waals surface area contributed by atoms with Gasteiger partial charge in [-0.1, -0.05) is 38.0 Å². The summed E-state index contributed by atoms with van der Waals surface area (Å²) in [5.41, 5.74) is 0.896. The highest BCUT2D eigenvalue weighted by molar-refractivity contribution is 5.75. The highest BCUT2D eigenvalue weighted by atomic mass is 19.2. The van der Waals surface area contributed by atoms with Crippen molar-refractivity contribution in [2.45, 2.75) is 83.0 Å². The second-order valence-corrected chi connectivity index (χ2v) is 10.7. The maximum atomic E-state index is 15.1. The molecule has 2 aromatic rings. The van der Waals surface area contributed by atoms with E-state index in [1.165, 1.54) is 12.1 Å². The minimum atomic E-state index is -0.740. The fourth-order valence-corrected chi connectivity index (χ4v) is 5.68. The first-order chi connectivity index (χ1) is 17.9. The van der Waals surface area contributed by atoms with Crippen molar-refractivity contribution < 1.29 is 27.4 Å². The Morgan fingerprint density at radius 2 is 1.51 bits per heavy atom. The van der Waals surface area contributed by atoms with Crippen molar-refractivity contribution in [3.63, 3.8) is 0 Å². The summed E-state index contributed by atoms with van der Waals surface area (Å²) in [6.07, 6.45) is 9.36. The maximum Gasteiger partial charge on any atom is 0.314 e. The normalized spacial score (nSPS) is 23.9. The molecule has 0 bridgehead atoms. The number of carbonyl (C=O) groups excluding carboxylic acids is 1. The third-order valence-electron chi connectivity index (χ3n) is 8.03. The molecule has 0 heterocycles. The van der Waals surface area contributed by atoms with E-state index >= 15 is 8.78 Å². The Hall–Kier alpha value is -2.76. The highest BCUT2D eigenvalue weighted by Gasteiger charge is 2.32. The van der Waals surface area contributed by atoms with Crippen LogP contribution in [0.3, 0.4) is 0 Å². The molecular formula is C31H37F3O3. The SMILES string of the molecule is C=CCCCOc1ccc(OC(=O)C2CCC(c3ccc(C4CCC(C)CC4)c(F)c3F)CC2)c(F)c1. The fraction of sp³-hybridized carbons (Fsp3) is 0.516. The van der Waals surface area contributed by atoms with Gasteiger partial charge in [0, 0.05) is 6.07 Å². The Kier molecular flexibility index (Phi) is 9.33. The van der Waals surface area contributed by atoms with Gasteiger partial charge in [0.15, 0.2) is 23.2 Å². The van der Waals surface area contributed by atoms with Gasteiger partial charge in [-0.05, 0) is 92.4 Å². The predicted molar refractivity (Wildman–Crippen MR) is 138 cm³/mol. The second-order valence-electron chi connectivity index (χ2n) is 10.7. The molecule has 0 amide bonds. The molecule has 0 radical (unpaired) electrons. The van der Waals surface area contributed by atoms with Crippen molar-refractivity contribution in [1.82, 2.24) is 0 Å². The van der Waals surface area contributed by atoms with Crippen LogP contribution in [-0.2, 0) is 4.79 Å². The zero-order valence-corrected chi connectivity index (χ0v) is 21.6. The largest absolute Gasteiger partial charge is 0.493 e.